The first-order valence-electron chi connectivity index (χ1n) is 6.09. The van der Waals surface area contributed by atoms with E-state index in [-0.39, 0.29) is 12.4 Å². The molecule has 0 spiro atoms. The second-order valence-electron chi connectivity index (χ2n) is 4.58. The van der Waals surface area contributed by atoms with Crippen LogP contribution in [0.5, 0.6) is 0 Å². The molecule has 0 bridgehead atoms. The van der Waals surface area contributed by atoms with Gasteiger partial charge in [-0.3, -0.25) is 0 Å². The van der Waals surface area contributed by atoms with E-state index in [0.29, 0.717) is 19.1 Å². The highest BCUT2D eigenvalue weighted by molar-refractivity contribution is 5.13. The van der Waals surface area contributed by atoms with Gasteiger partial charge in [0.25, 0.3) is 0 Å². The van der Waals surface area contributed by atoms with Crippen LogP contribution < -0.4 is 0 Å². The maximum Gasteiger partial charge on any atom is 0.160 e. The van der Waals surface area contributed by atoms with E-state index in [1.165, 1.54) is 5.56 Å². The van der Waals surface area contributed by atoms with E-state index in [2.05, 4.69) is 19.1 Å². The number of hydrogen-bond acceptors (Lipinski definition) is 3. The maximum atomic E-state index is 5.71. The molecule has 1 aromatic rings. The van der Waals surface area contributed by atoms with Crippen molar-refractivity contribution in [3.63, 3.8) is 0 Å². The molecule has 0 aromatic heterocycles. The minimum Gasteiger partial charge on any atom is -0.374 e. The lowest BCUT2D eigenvalue weighted by molar-refractivity contribution is -0.141. The molecule has 1 fully saturated rings. The SMILES string of the molecule is COC1O[C@H](COCc2ccccc2)C[C@@H]1C. The maximum absolute atomic E-state index is 5.71. The summed E-state index contributed by atoms with van der Waals surface area (Å²) in [4.78, 5) is 0. The number of ether oxygens (including phenoxy) is 3. The molecule has 0 aliphatic carbocycles. The highest BCUT2D eigenvalue weighted by Gasteiger charge is 2.31. The number of hydrogen-bond donors (Lipinski definition) is 0. The van der Waals surface area contributed by atoms with E-state index >= 15 is 0 Å². The second kappa shape index (κ2) is 6.15. The first kappa shape index (κ1) is 12.6. The Kier molecular flexibility index (Phi) is 4.54. The summed E-state index contributed by atoms with van der Waals surface area (Å²) >= 11 is 0. The summed E-state index contributed by atoms with van der Waals surface area (Å²) in [5.74, 6) is 0.449. The first-order valence-corrected chi connectivity index (χ1v) is 6.09. The topological polar surface area (TPSA) is 27.7 Å². The zero-order valence-corrected chi connectivity index (χ0v) is 10.5. The molecular weight excluding hydrogens is 216 g/mol. The van der Waals surface area contributed by atoms with Gasteiger partial charge in [0.1, 0.15) is 0 Å². The van der Waals surface area contributed by atoms with Gasteiger partial charge in [-0.25, -0.2) is 0 Å². The third-order valence-corrected chi connectivity index (χ3v) is 3.07. The largest absolute Gasteiger partial charge is 0.374 e. The van der Waals surface area contributed by atoms with Crippen molar-refractivity contribution < 1.29 is 14.2 Å². The van der Waals surface area contributed by atoms with E-state index in [1.807, 2.05) is 18.2 Å². The third kappa shape index (κ3) is 3.53. The average molecular weight is 236 g/mol. The first-order chi connectivity index (χ1) is 8.29. The molecule has 1 aliphatic rings. The van der Waals surface area contributed by atoms with Gasteiger partial charge >= 0.3 is 0 Å². The molecule has 1 saturated heterocycles. The highest BCUT2D eigenvalue weighted by atomic mass is 16.7. The fourth-order valence-electron chi connectivity index (χ4n) is 2.18. The predicted octanol–water partition coefficient (Wildman–Crippen LogP) is 2.60. The normalized spacial score (nSPS) is 28.5. The molecule has 17 heavy (non-hydrogen) atoms. The standard InChI is InChI=1S/C14H20O3/c1-11-8-13(17-14(11)15-2)10-16-9-12-6-4-3-5-7-12/h3-7,11,13-14H,8-10H2,1-2H3/t11-,13-,14?/m0/s1. The lowest BCUT2D eigenvalue weighted by Crippen LogP contribution is -2.18. The van der Waals surface area contributed by atoms with E-state index in [0.717, 1.165) is 6.42 Å². The van der Waals surface area contributed by atoms with E-state index in [1.54, 1.807) is 7.11 Å². The van der Waals surface area contributed by atoms with Crippen molar-refractivity contribution in [1.82, 2.24) is 0 Å². The van der Waals surface area contributed by atoms with Gasteiger partial charge in [-0.05, 0) is 12.0 Å². The Bertz CT molecular complexity index is 325. The number of rotatable bonds is 5. The Morgan fingerprint density at radius 1 is 1.29 bits per heavy atom. The summed E-state index contributed by atoms with van der Waals surface area (Å²) in [5.41, 5.74) is 1.20. The molecule has 1 aromatic carbocycles. The molecule has 94 valence electrons. The van der Waals surface area contributed by atoms with Gasteiger partial charge in [0.2, 0.25) is 0 Å². The van der Waals surface area contributed by atoms with Crippen molar-refractivity contribution >= 4 is 0 Å². The van der Waals surface area contributed by atoms with Gasteiger partial charge in [0.15, 0.2) is 6.29 Å². The molecule has 0 saturated carbocycles. The minimum atomic E-state index is -0.0691. The van der Waals surface area contributed by atoms with Crippen molar-refractivity contribution in [3.05, 3.63) is 35.9 Å². The van der Waals surface area contributed by atoms with Crippen molar-refractivity contribution in [1.29, 1.82) is 0 Å². The molecule has 0 N–H and O–H groups in total. The van der Waals surface area contributed by atoms with Gasteiger partial charge in [0.05, 0.1) is 19.3 Å². The van der Waals surface area contributed by atoms with Gasteiger partial charge in [-0.15, -0.1) is 0 Å². The molecule has 1 unspecified atom stereocenters. The lowest BCUT2D eigenvalue weighted by Gasteiger charge is -2.13. The monoisotopic (exact) mass is 236 g/mol. The summed E-state index contributed by atoms with van der Waals surface area (Å²) in [7, 11) is 1.69. The Morgan fingerprint density at radius 2 is 2.06 bits per heavy atom. The predicted molar refractivity (Wildman–Crippen MR) is 65.5 cm³/mol. The van der Waals surface area contributed by atoms with Crippen LogP contribution in [0.1, 0.15) is 18.9 Å². The summed E-state index contributed by atoms with van der Waals surface area (Å²) < 4.78 is 16.6. The van der Waals surface area contributed by atoms with Gasteiger partial charge in [-0.1, -0.05) is 37.3 Å². The zero-order chi connectivity index (χ0) is 12.1. The van der Waals surface area contributed by atoms with Crippen LogP contribution in [0.2, 0.25) is 0 Å². The quantitative estimate of drug-likeness (QED) is 0.786. The molecule has 1 heterocycles. The molecule has 3 atom stereocenters. The van der Waals surface area contributed by atoms with Crippen molar-refractivity contribution in [2.24, 2.45) is 5.92 Å². The summed E-state index contributed by atoms with van der Waals surface area (Å²) in [6.07, 6.45) is 1.10. The number of benzene rings is 1. The van der Waals surface area contributed by atoms with E-state index in [9.17, 15) is 0 Å². The van der Waals surface area contributed by atoms with Crippen molar-refractivity contribution in [3.8, 4) is 0 Å². The fourth-order valence-corrected chi connectivity index (χ4v) is 2.18. The van der Waals surface area contributed by atoms with Crippen LogP contribution in [0.25, 0.3) is 0 Å². The van der Waals surface area contributed by atoms with Crippen molar-refractivity contribution in [2.45, 2.75) is 32.3 Å². The second-order valence-corrected chi connectivity index (χ2v) is 4.58. The van der Waals surface area contributed by atoms with Crippen LogP contribution in [0.15, 0.2) is 30.3 Å². The van der Waals surface area contributed by atoms with Crippen LogP contribution in [0, 0.1) is 5.92 Å². The van der Waals surface area contributed by atoms with Gasteiger partial charge in [0, 0.05) is 13.0 Å². The summed E-state index contributed by atoms with van der Waals surface area (Å²) in [6, 6.07) is 10.2. The Hall–Kier alpha value is -0.900. The Labute approximate surface area is 103 Å². The lowest BCUT2D eigenvalue weighted by atomic mass is 10.1. The summed E-state index contributed by atoms with van der Waals surface area (Å²) in [5, 5.41) is 0. The third-order valence-electron chi connectivity index (χ3n) is 3.07. The van der Waals surface area contributed by atoms with E-state index < -0.39 is 0 Å². The Balaban J connectivity index is 1.70. The van der Waals surface area contributed by atoms with Crippen LogP contribution in [-0.2, 0) is 20.8 Å². The van der Waals surface area contributed by atoms with Crippen LogP contribution in [0.4, 0.5) is 0 Å². The molecule has 0 amide bonds. The highest BCUT2D eigenvalue weighted by Crippen LogP contribution is 2.26. The van der Waals surface area contributed by atoms with Crippen molar-refractivity contribution in [2.75, 3.05) is 13.7 Å². The van der Waals surface area contributed by atoms with Gasteiger partial charge < -0.3 is 14.2 Å². The Morgan fingerprint density at radius 3 is 2.71 bits per heavy atom. The molecular formula is C14H20O3. The number of methoxy groups -OCH3 is 1. The minimum absolute atomic E-state index is 0.0691. The van der Waals surface area contributed by atoms with Crippen LogP contribution >= 0.6 is 0 Å². The summed E-state index contributed by atoms with van der Waals surface area (Å²) in [6.45, 7) is 3.43. The zero-order valence-electron chi connectivity index (χ0n) is 10.5. The van der Waals surface area contributed by atoms with E-state index in [4.69, 9.17) is 14.2 Å². The van der Waals surface area contributed by atoms with Gasteiger partial charge in [-0.2, -0.15) is 0 Å². The van der Waals surface area contributed by atoms with Crippen LogP contribution in [0.3, 0.4) is 0 Å². The molecule has 3 nitrogen and oxygen atoms in total. The fraction of sp³-hybridized carbons (Fsp3) is 0.571. The molecule has 0 radical (unpaired) electrons. The molecule has 2 rings (SSSR count). The average Bonchev–Trinajstić information content (AvgIpc) is 2.71. The smallest absolute Gasteiger partial charge is 0.160 e. The molecule has 3 heteroatoms. The molecule has 1 aliphatic heterocycles. The van der Waals surface area contributed by atoms with Crippen LogP contribution in [-0.4, -0.2) is 26.1 Å².